The van der Waals surface area contributed by atoms with E-state index in [1.807, 2.05) is 0 Å². The summed E-state index contributed by atoms with van der Waals surface area (Å²) in [7, 11) is 0. The fourth-order valence-electron chi connectivity index (χ4n) is 1.52. The van der Waals surface area contributed by atoms with Crippen molar-refractivity contribution in [2.45, 2.75) is 0 Å². The van der Waals surface area contributed by atoms with Crippen LogP contribution in [0.5, 0.6) is 0 Å². The molecule has 0 atom stereocenters. The molecule has 19 heavy (non-hydrogen) atoms. The first kappa shape index (κ1) is 15.4. The number of rotatable bonds is 6. The van der Waals surface area contributed by atoms with Crippen molar-refractivity contribution >= 4 is 23.2 Å². The first-order valence-electron chi connectivity index (χ1n) is 5.46. The predicted molar refractivity (Wildman–Crippen MR) is 68.2 cm³/mol. The maximum absolute atomic E-state index is 12.1. The number of amides is 1. The van der Waals surface area contributed by atoms with Gasteiger partial charge in [0.15, 0.2) is 0 Å². The van der Waals surface area contributed by atoms with Gasteiger partial charge in [-0.2, -0.15) is 0 Å². The molecule has 0 unspecified atom stereocenters. The number of aliphatic hydroxyl groups is 2. The lowest BCUT2D eigenvalue weighted by Crippen LogP contribution is -2.36. The average Bonchev–Trinajstić information content (AvgIpc) is 2.37. The van der Waals surface area contributed by atoms with Crippen molar-refractivity contribution in [3.63, 3.8) is 0 Å². The zero-order valence-electron chi connectivity index (χ0n) is 9.95. The molecular weight excluding hydrogens is 276 g/mol. The van der Waals surface area contributed by atoms with Gasteiger partial charge in [0.05, 0.1) is 28.7 Å². The molecule has 1 aromatic carbocycles. The molecule has 0 aliphatic carbocycles. The number of hydrogen-bond donors (Lipinski definition) is 2. The van der Waals surface area contributed by atoms with Crippen LogP contribution in [-0.2, 0) is 0 Å². The Kier molecular flexibility index (Phi) is 5.68. The van der Waals surface area contributed by atoms with Crippen LogP contribution in [0.15, 0.2) is 18.2 Å². The highest BCUT2D eigenvalue weighted by molar-refractivity contribution is 6.34. The van der Waals surface area contributed by atoms with E-state index < -0.39 is 10.8 Å². The fourth-order valence-corrected chi connectivity index (χ4v) is 1.77. The maximum atomic E-state index is 12.1. The quantitative estimate of drug-likeness (QED) is 0.591. The van der Waals surface area contributed by atoms with Gasteiger partial charge in [0.2, 0.25) is 0 Å². The molecule has 0 radical (unpaired) electrons. The van der Waals surface area contributed by atoms with E-state index >= 15 is 0 Å². The molecule has 1 rings (SSSR count). The molecule has 0 fully saturated rings. The molecule has 0 saturated carbocycles. The van der Waals surface area contributed by atoms with Crippen molar-refractivity contribution in [1.82, 2.24) is 4.90 Å². The molecule has 0 aliphatic heterocycles. The Morgan fingerprint density at radius 1 is 1.32 bits per heavy atom. The van der Waals surface area contributed by atoms with Crippen molar-refractivity contribution in [3.8, 4) is 0 Å². The number of non-ortho nitro benzene ring substituents is 1. The van der Waals surface area contributed by atoms with Crippen LogP contribution < -0.4 is 0 Å². The van der Waals surface area contributed by atoms with Crippen LogP contribution in [0.3, 0.4) is 0 Å². The molecule has 7 nitrogen and oxygen atoms in total. The topological polar surface area (TPSA) is 104 Å². The van der Waals surface area contributed by atoms with E-state index in [-0.39, 0.29) is 42.6 Å². The van der Waals surface area contributed by atoms with E-state index in [1.54, 1.807) is 0 Å². The number of nitro benzene ring substituents is 1. The van der Waals surface area contributed by atoms with Crippen molar-refractivity contribution in [2.24, 2.45) is 0 Å². The van der Waals surface area contributed by atoms with Gasteiger partial charge < -0.3 is 15.1 Å². The molecular formula is C11H13ClN2O5. The molecule has 0 saturated heterocycles. The molecule has 0 heterocycles. The standard InChI is InChI=1S/C11H13ClN2O5/c12-10-7-8(14(18)19)1-2-9(10)11(17)13(3-5-15)4-6-16/h1-2,7,15-16H,3-6H2. The second-order valence-electron chi connectivity index (χ2n) is 3.66. The average molecular weight is 289 g/mol. The summed E-state index contributed by atoms with van der Waals surface area (Å²) in [5.41, 5.74) is -0.119. The number of nitro groups is 1. The monoisotopic (exact) mass is 288 g/mol. The largest absolute Gasteiger partial charge is 0.395 e. The number of nitrogens with zero attached hydrogens (tertiary/aromatic N) is 2. The smallest absolute Gasteiger partial charge is 0.270 e. The van der Waals surface area contributed by atoms with Crippen molar-refractivity contribution in [3.05, 3.63) is 38.9 Å². The third-order valence-electron chi connectivity index (χ3n) is 2.42. The van der Waals surface area contributed by atoms with Gasteiger partial charge in [0, 0.05) is 25.2 Å². The number of aliphatic hydroxyl groups excluding tert-OH is 2. The van der Waals surface area contributed by atoms with Gasteiger partial charge in [0.25, 0.3) is 11.6 Å². The predicted octanol–water partition coefficient (Wildman–Crippen LogP) is 0.675. The lowest BCUT2D eigenvalue weighted by Gasteiger charge is -2.21. The Bertz CT molecular complexity index is 474. The Morgan fingerprint density at radius 3 is 2.32 bits per heavy atom. The minimum absolute atomic E-state index is 0.0416. The number of carbonyl (C=O) groups excluding carboxylic acids is 1. The molecule has 0 aliphatic rings. The van der Waals surface area contributed by atoms with Gasteiger partial charge in [-0.05, 0) is 6.07 Å². The highest BCUT2D eigenvalue weighted by Crippen LogP contribution is 2.23. The summed E-state index contributed by atoms with van der Waals surface area (Å²) < 4.78 is 0. The fraction of sp³-hybridized carbons (Fsp3) is 0.364. The van der Waals surface area contributed by atoms with E-state index in [0.29, 0.717) is 0 Å². The normalized spacial score (nSPS) is 10.3. The Morgan fingerprint density at radius 2 is 1.89 bits per heavy atom. The van der Waals surface area contributed by atoms with Crippen LogP contribution >= 0.6 is 11.6 Å². The van der Waals surface area contributed by atoms with Crippen LogP contribution in [0.1, 0.15) is 10.4 Å². The van der Waals surface area contributed by atoms with E-state index in [9.17, 15) is 14.9 Å². The Balaban J connectivity index is 3.01. The lowest BCUT2D eigenvalue weighted by atomic mass is 10.1. The molecule has 1 aromatic rings. The zero-order valence-corrected chi connectivity index (χ0v) is 10.7. The molecule has 1 amide bonds. The number of halogens is 1. The first-order chi connectivity index (χ1) is 9.01. The van der Waals surface area contributed by atoms with Crippen LogP contribution in [0.4, 0.5) is 5.69 Å². The van der Waals surface area contributed by atoms with Crippen LogP contribution in [0.2, 0.25) is 5.02 Å². The summed E-state index contributed by atoms with van der Waals surface area (Å²) in [6, 6.07) is 3.52. The minimum Gasteiger partial charge on any atom is -0.395 e. The molecule has 8 heteroatoms. The van der Waals surface area contributed by atoms with Crippen molar-refractivity contribution in [2.75, 3.05) is 26.3 Å². The van der Waals surface area contributed by atoms with E-state index in [1.165, 1.54) is 17.0 Å². The third-order valence-corrected chi connectivity index (χ3v) is 2.73. The number of hydrogen-bond acceptors (Lipinski definition) is 5. The zero-order chi connectivity index (χ0) is 14.4. The van der Waals surface area contributed by atoms with Gasteiger partial charge in [-0.25, -0.2) is 0 Å². The molecule has 0 spiro atoms. The minimum atomic E-state index is -0.612. The maximum Gasteiger partial charge on any atom is 0.270 e. The summed E-state index contributed by atoms with van der Waals surface area (Å²) in [5.74, 6) is -0.497. The summed E-state index contributed by atoms with van der Waals surface area (Å²) >= 11 is 5.84. The molecule has 2 N–H and O–H groups in total. The van der Waals surface area contributed by atoms with Crippen molar-refractivity contribution < 1.29 is 19.9 Å². The van der Waals surface area contributed by atoms with Crippen molar-refractivity contribution in [1.29, 1.82) is 0 Å². The van der Waals surface area contributed by atoms with Gasteiger partial charge in [-0.15, -0.1) is 0 Å². The van der Waals surface area contributed by atoms with Gasteiger partial charge >= 0.3 is 0 Å². The summed E-state index contributed by atoms with van der Waals surface area (Å²) in [6.45, 7) is -0.411. The van der Waals surface area contributed by atoms with Gasteiger partial charge in [0.1, 0.15) is 0 Å². The van der Waals surface area contributed by atoms with Crippen LogP contribution in [0, 0.1) is 10.1 Å². The first-order valence-corrected chi connectivity index (χ1v) is 5.84. The summed E-state index contributed by atoms with van der Waals surface area (Å²) in [6.07, 6.45) is 0. The number of benzene rings is 1. The molecule has 104 valence electrons. The van der Waals surface area contributed by atoms with E-state index in [2.05, 4.69) is 0 Å². The SMILES string of the molecule is O=C(c1ccc([N+](=O)[O-])cc1Cl)N(CCO)CCO. The lowest BCUT2D eigenvalue weighted by molar-refractivity contribution is -0.384. The highest BCUT2D eigenvalue weighted by Gasteiger charge is 2.19. The van der Waals surface area contributed by atoms with Crippen LogP contribution in [-0.4, -0.2) is 52.2 Å². The van der Waals surface area contributed by atoms with Gasteiger partial charge in [-0.1, -0.05) is 11.6 Å². The van der Waals surface area contributed by atoms with E-state index in [0.717, 1.165) is 6.07 Å². The number of carbonyl (C=O) groups is 1. The summed E-state index contributed by atoms with van der Waals surface area (Å²) in [5, 5.41) is 28.2. The van der Waals surface area contributed by atoms with Crippen LogP contribution in [0.25, 0.3) is 0 Å². The van der Waals surface area contributed by atoms with E-state index in [4.69, 9.17) is 21.8 Å². The Hall–Kier alpha value is -1.70. The third kappa shape index (κ3) is 3.88. The highest BCUT2D eigenvalue weighted by atomic mass is 35.5. The second kappa shape index (κ2) is 7.03. The van der Waals surface area contributed by atoms with Gasteiger partial charge in [-0.3, -0.25) is 14.9 Å². The molecule has 0 bridgehead atoms. The molecule has 0 aromatic heterocycles. The summed E-state index contributed by atoms with van der Waals surface area (Å²) in [4.78, 5) is 23.2. The Labute approximate surface area is 114 Å². The second-order valence-corrected chi connectivity index (χ2v) is 4.07.